The Hall–Kier alpha value is -0.810. The molecule has 0 aromatic rings. The molecule has 1 aliphatic heterocycles. The van der Waals surface area contributed by atoms with E-state index in [-0.39, 0.29) is 0 Å². The number of rotatable bonds is 1. The predicted molar refractivity (Wildman–Crippen MR) is 53.9 cm³/mol. The zero-order valence-electron chi connectivity index (χ0n) is 9.52. The summed E-state index contributed by atoms with van der Waals surface area (Å²) in [7, 11) is 0. The van der Waals surface area contributed by atoms with Crippen LogP contribution < -0.4 is 0 Å². The fourth-order valence-electron chi connectivity index (χ4n) is 1.36. The van der Waals surface area contributed by atoms with Crippen LogP contribution in [0.4, 0.5) is 4.79 Å². The molecule has 1 rings (SSSR count). The maximum atomic E-state index is 11.3. The molecule has 1 atom stereocenters. The summed E-state index contributed by atoms with van der Waals surface area (Å²) in [5, 5.41) is 10.8. The van der Waals surface area contributed by atoms with Crippen molar-refractivity contribution in [3.8, 4) is 0 Å². The quantitative estimate of drug-likeness (QED) is 0.677. The van der Waals surface area contributed by atoms with E-state index in [1.165, 1.54) is 5.06 Å². The molecule has 0 aromatic heterocycles. The number of piperidine rings is 1. The molecular formula is C10H19NO4. The first-order chi connectivity index (χ1) is 6.88. The normalized spacial score (nSPS) is 23.6. The molecule has 5 heteroatoms. The third-order valence-electron chi connectivity index (χ3n) is 2.00. The van der Waals surface area contributed by atoms with Gasteiger partial charge in [0.05, 0.1) is 0 Å². The Balaban J connectivity index is 2.36. The smallest absolute Gasteiger partial charge is 0.427 e. The summed E-state index contributed by atoms with van der Waals surface area (Å²) < 4.78 is 4.97. The van der Waals surface area contributed by atoms with E-state index in [2.05, 4.69) is 0 Å². The lowest BCUT2D eigenvalue weighted by Crippen LogP contribution is -2.41. The van der Waals surface area contributed by atoms with Gasteiger partial charge in [0.1, 0.15) is 11.8 Å². The summed E-state index contributed by atoms with van der Waals surface area (Å²) in [6.45, 7) is 5.85. The zero-order valence-corrected chi connectivity index (χ0v) is 9.52. The van der Waals surface area contributed by atoms with Crippen LogP contribution in [0, 0.1) is 0 Å². The highest BCUT2D eigenvalue weighted by atomic mass is 16.8. The van der Waals surface area contributed by atoms with Gasteiger partial charge >= 0.3 is 6.16 Å². The molecule has 1 heterocycles. The highest BCUT2D eigenvalue weighted by molar-refractivity contribution is 5.60. The van der Waals surface area contributed by atoms with E-state index in [1.807, 2.05) is 0 Å². The van der Waals surface area contributed by atoms with Crippen LogP contribution in [0.1, 0.15) is 40.0 Å². The number of carbonyl (C=O) groups is 1. The molecule has 0 radical (unpaired) electrons. The summed E-state index contributed by atoms with van der Waals surface area (Å²) >= 11 is 0. The minimum atomic E-state index is -0.761. The van der Waals surface area contributed by atoms with Gasteiger partial charge in [-0.25, -0.2) is 4.79 Å². The first-order valence-electron chi connectivity index (χ1n) is 5.24. The van der Waals surface area contributed by atoms with Crippen LogP contribution in [0.2, 0.25) is 0 Å². The molecule has 88 valence electrons. The van der Waals surface area contributed by atoms with Crippen LogP contribution in [-0.2, 0) is 9.57 Å². The second-order valence-corrected chi connectivity index (χ2v) is 4.67. The molecule has 0 amide bonds. The van der Waals surface area contributed by atoms with Gasteiger partial charge in [0.25, 0.3) is 0 Å². The van der Waals surface area contributed by atoms with Crippen molar-refractivity contribution in [2.45, 2.75) is 51.9 Å². The Morgan fingerprint density at radius 2 is 2.07 bits per heavy atom. The van der Waals surface area contributed by atoms with Crippen LogP contribution in [0.25, 0.3) is 0 Å². The number of aliphatic hydroxyl groups is 1. The minimum absolute atomic E-state index is 0.556. The van der Waals surface area contributed by atoms with Crippen molar-refractivity contribution in [1.82, 2.24) is 5.06 Å². The molecule has 0 aliphatic carbocycles. The zero-order chi connectivity index (χ0) is 11.5. The maximum absolute atomic E-state index is 11.3. The molecule has 5 nitrogen and oxygen atoms in total. The Morgan fingerprint density at radius 1 is 1.40 bits per heavy atom. The number of nitrogens with zero attached hydrogens (tertiary/aromatic N) is 1. The van der Waals surface area contributed by atoms with Crippen LogP contribution >= 0.6 is 0 Å². The van der Waals surface area contributed by atoms with Gasteiger partial charge in [-0.15, -0.1) is 5.06 Å². The lowest BCUT2D eigenvalue weighted by atomic mass is 10.1. The molecule has 15 heavy (non-hydrogen) atoms. The van der Waals surface area contributed by atoms with Crippen molar-refractivity contribution in [1.29, 1.82) is 0 Å². The molecule has 1 saturated heterocycles. The lowest BCUT2D eigenvalue weighted by molar-refractivity contribution is -0.227. The van der Waals surface area contributed by atoms with E-state index < -0.39 is 18.0 Å². The highest BCUT2D eigenvalue weighted by Crippen LogP contribution is 2.16. The van der Waals surface area contributed by atoms with Gasteiger partial charge in [-0.3, -0.25) is 0 Å². The lowest BCUT2D eigenvalue weighted by Gasteiger charge is -2.30. The Morgan fingerprint density at radius 3 is 2.60 bits per heavy atom. The van der Waals surface area contributed by atoms with Gasteiger partial charge < -0.3 is 14.7 Å². The van der Waals surface area contributed by atoms with E-state index >= 15 is 0 Å². The topological polar surface area (TPSA) is 59.0 Å². The second-order valence-electron chi connectivity index (χ2n) is 4.67. The third kappa shape index (κ3) is 4.48. The van der Waals surface area contributed by atoms with Crippen molar-refractivity contribution in [3.05, 3.63) is 0 Å². The van der Waals surface area contributed by atoms with Gasteiger partial charge in [0.15, 0.2) is 0 Å². The largest absolute Gasteiger partial charge is 0.528 e. The highest BCUT2D eigenvalue weighted by Gasteiger charge is 2.26. The number of hydrogen-bond acceptors (Lipinski definition) is 5. The molecule has 1 N–H and O–H groups in total. The van der Waals surface area contributed by atoms with E-state index in [0.717, 1.165) is 12.8 Å². The fourth-order valence-corrected chi connectivity index (χ4v) is 1.36. The molecule has 0 bridgehead atoms. The van der Waals surface area contributed by atoms with Crippen molar-refractivity contribution in [3.63, 3.8) is 0 Å². The standard InChI is InChI=1S/C10H19NO4/c1-10(2,3)14-9(13)15-11-7-5-4-6-8(11)12/h8,12H,4-7H2,1-3H3. The van der Waals surface area contributed by atoms with Crippen molar-refractivity contribution < 1.29 is 19.5 Å². The summed E-state index contributed by atoms with van der Waals surface area (Å²) in [6, 6.07) is 0. The number of ether oxygens (including phenoxy) is 1. The molecule has 0 aromatic carbocycles. The third-order valence-corrected chi connectivity index (χ3v) is 2.00. The van der Waals surface area contributed by atoms with E-state index in [0.29, 0.717) is 13.0 Å². The molecule has 0 saturated carbocycles. The number of aliphatic hydroxyl groups excluding tert-OH is 1. The van der Waals surface area contributed by atoms with E-state index in [1.54, 1.807) is 20.8 Å². The Bertz CT molecular complexity index is 224. The van der Waals surface area contributed by atoms with E-state index in [4.69, 9.17) is 9.57 Å². The van der Waals surface area contributed by atoms with Crippen LogP contribution in [0.3, 0.4) is 0 Å². The molecule has 1 unspecified atom stereocenters. The van der Waals surface area contributed by atoms with Crippen molar-refractivity contribution >= 4 is 6.16 Å². The number of carbonyl (C=O) groups excluding carboxylic acids is 1. The van der Waals surface area contributed by atoms with E-state index in [9.17, 15) is 9.90 Å². The summed E-state index contributed by atoms with van der Waals surface area (Å²) in [5.74, 6) is 0. The summed E-state index contributed by atoms with van der Waals surface area (Å²) in [4.78, 5) is 16.2. The average molecular weight is 217 g/mol. The van der Waals surface area contributed by atoms with Gasteiger partial charge in [-0.2, -0.15) is 0 Å². The second kappa shape index (κ2) is 4.81. The van der Waals surface area contributed by atoms with Gasteiger partial charge in [0, 0.05) is 6.54 Å². The SMILES string of the molecule is CC(C)(C)OC(=O)ON1CCCCC1O. The van der Waals surface area contributed by atoms with Gasteiger partial charge in [-0.05, 0) is 40.0 Å². The predicted octanol–water partition coefficient (Wildman–Crippen LogP) is 1.66. The molecule has 0 spiro atoms. The monoisotopic (exact) mass is 217 g/mol. The van der Waals surface area contributed by atoms with Crippen LogP contribution in [-0.4, -0.2) is 34.7 Å². The molecule has 1 fully saturated rings. The molecular weight excluding hydrogens is 198 g/mol. The van der Waals surface area contributed by atoms with Crippen molar-refractivity contribution in [2.75, 3.05) is 6.54 Å². The number of hydrogen-bond donors (Lipinski definition) is 1. The minimum Gasteiger partial charge on any atom is -0.427 e. The maximum Gasteiger partial charge on any atom is 0.528 e. The Kier molecular flexibility index (Phi) is 3.93. The van der Waals surface area contributed by atoms with Crippen molar-refractivity contribution in [2.24, 2.45) is 0 Å². The average Bonchev–Trinajstić information content (AvgIpc) is 2.05. The Labute approximate surface area is 89.9 Å². The summed E-state index contributed by atoms with van der Waals surface area (Å²) in [5.41, 5.74) is -0.572. The number of hydroxylamine groups is 2. The van der Waals surface area contributed by atoms with Gasteiger partial charge in [-0.1, -0.05) is 0 Å². The molecule has 1 aliphatic rings. The van der Waals surface area contributed by atoms with Gasteiger partial charge in [0.2, 0.25) is 0 Å². The first kappa shape index (κ1) is 12.3. The van der Waals surface area contributed by atoms with Crippen LogP contribution in [0.15, 0.2) is 0 Å². The summed E-state index contributed by atoms with van der Waals surface area (Å²) in [6.07, 6.45) is 1.03. The van der Waals surface area contributed by atoms with Crippen LogP contribution in [0.5, 0.6) is 0 Å². The first-order valence-corrected chi connectivity index (χ1v) is 5.24. The fraction of sp³-hybridized carbons (Fsp3) is 0.900.